The first-order chi connectivity index (χ1) is 13.1. The number of aromatic nitrogens is 3. The molecule has 27 heavy (non-hydrogen) atoms. The van der Waals surface area contributed by atoms with Gasteiger partial charge in [0.15, 0.2) is 10.8 Å². The Balaban J connectivity index is 1.46. The van der Waals surface area contributed by atoms with Gasteiger partial charge in [0.25, 0.3) is 0 Å². The highest BCUT2D eigenvalue weighted by molar-refractivity contribution is 8.00. The highest BCUT2D eigenvalue weighted by atomic mass is 35.5. The Morgan fingerprint density at radius 3 is 2.96 bits per heavy atom. The first-order valence-corrected chi connectivity index (χ1v) is 10.8. The number of thiazole rings is 1. The Kier molecular flexibility index (Phi) is 5.47. The molecule has 1 aliphatic rings. The molecule has 1 aromatic carbocycles. The molecular formula is C18H18ClN5OS2. The number of nitrogens with one attached hydrogen (secondary N) is 1. The summed E-state index contributed by atoms with van der Waals surface area (Å²) in [5.74, 6) is 0.163. The van der Waals surface area contributed by atoms with Gasteiger partial charge in [0.1, 0.15) is 16.1 Å². The molecule has 0 spiro atoms. The van der Waals surface area contributed by atoms with Crippen LogP contribution in [-0.4, -0.2) is 39.7 Å². The number of thioether (sulfide) groups is 1. The zero-order valence-electron chi connectivity index (χ0n) is 14.7. The van der Waals surface area contributed by atoms with Crippen LogP contribution in [0.15, 0.2) is 29.6 Å². The summed E-state index contributed by atoms with van der Waals surface area (Å²) in [6.07, 6.45) is 3.91. The number of halogens is 1. The maximum Gasteiger partial charge on any atom is 0.234 e. The number of rotatable bonds is 5. The van der Waals surface area contributed by atoms with E-state index >= 15 is 0 Å². The van der Waals surface area contributed by atoms with Crippen LogP contribution in [-0.2, 0) is 4.79 Å². The molecule has 0 aliphatic carbocycles. The Bertz CT molecular complexity index is 987. The number of nitrogens with zero attached hydrogens (tertiary/aromatic N) is 4. The molecule has 3 aromatic rings. The minimum atomic E-state index is -0.0959. The van der Waals surface area contributed by atoms with Gasteiger partial charge in [-0.1, -0.05) is 40.8 Å². The van der Waals surface area contributed by atoms with Crippen molar-refractivity contribution in [3.63, 3.8) is 0 Å². The predicted octanol–water partition coefficient (Wildman–Crippen LogP) is 4.38. The van der Waals surface area contributed by atoms with E-state index in [2.05, 4.69) is 25.2 Å². The van der Waals surface area contributed by atoms with Crippen molar-refractivity contribution in [3.05, 3.63) is 35.1 Å². The molecule has 0 saturated carbocycles. The summed E-state index contributed by atoms with van der Waals surface area (Å²) in [6, 6.07) is 5.47. The number of hydrogen-bond donors (Lipinski definition) is 1. The van der Waals surface area contributed by atoms with Gasteiger partial charge in [-0.05, 0) is 37.5 Å². The summed E-state index contributed by atoms with van der Waals surface area (Å²) >= 11 is 9.11. The Labute approximate surface area is 170 Å². The van der Waals surface area contributed by atoms with Gasteiger partial charge >= 0.3 is 0 Å². The third-order valence-electron chi connectivity index (χ3n) is 4.41. The van der Waals surface area contributed by atoms with Crippen molar-refractivity contribution in [2.75, 3.05) is 29.1 Å². The maximum atomic E-state index is 12.4. The molecule has 1 fully saturated rings. The minimum Gasteiger partial charge on any atom is -0.348 e. The zero-order chi connectivity index (χ0) is 18.8. The number of anilines is 2. The van der Waals surface area contributed by atoms with Crippen molar-refractivity contribution < 1.29 is 4.79 Å². The molecule has 1 amide bonds. The van der Waals surface area contributed by atoms with E-state index in [1.54, 1.807) is 17.4 Å². The standard InChI is InChI=1S/C18H18ClN5OS2/c1-11-12(19)5-4-6-13(11)22-14(25)9-26-17-15-16(20-10-21-17)23-18(27-15)24-7-2-3-8-24/h4-6,10H,2-3,7-9H2,1H3,(H,22,25). The van der Waals surface area contributed by atoms with E-state index in [9.17, 15) is 4.79 Å². The van der Waals surface area contributed by atoms with Crippen LogP contribution in [0.2, 0.25) is 5.02 Å². The van der Waals surface area contributed by atoms with Crippen LogP contribution < -0.4 is 10.2 Å². The molecule has 0 bridgehead atoms. The fourth-order valence-electron chi connectivity index (χ4n) is 2.93. The number of hydrogen-bond acceptors (Lipinski definition) is 7. The molecule has 0 radical (unpaired) electrons. The third-order valence-corrected chi connectivity index (χ3v) is 7.05. The zero-order valence-corrected chi connectivity index (χ0v) is 17.1. The van der Waals surface area contributed by atoms with E-state index in [0.717, 1.165) is 39.2 Å². The van der Waals surface area contributed by atoms with Gasteiger partial charge < -0.3 is 10.2 Å². The van der Waals surface area contributed by atoms with Crippen molar-refractivity contribution in [1.82, 2.24) is 15.0 Å². The predicted molar refractivity (Wildman–Crippen MR) is 112 cm³/mol. The van der Waals surface area contributed by atoms with Gasteiger partial charge in [-0.25, -0.2) is 9.97 Å². The van der Waals surface area contributed by atoms with E-state index in [1.165, 1.54) is 30.9 Å². The monoisotopic (exact) mass is 419 g/mol. The number of amides is 1. The van der Waals surface area contributed by atoms with Gasteiger partial charge in [0, 0.05) is 23.8 Å². The van der Waals surface area contributed by atoms with Crippen LogP contribution in [0.25, 0.3) is 10.3 Å². The summed E-state index contributed by atoms with van der Waals surface area (Å²) in [5.41, 5.74) is 2.29. The topological polar surface area (TPSA) is 71.0 Å². The molecule has 4 rings (SSSR count). The van der Waals surface area contributed by atoms with Crippen molar-refractivity contribution in [3.8, 4) is 0 Å². The lowest BCUT2D eigenvalue weighted by atomic mass is 10.2. The Morgan fingerprint density at radius 2 is 2.15 bits per heavy atom. The highest BCUT2D eigenvalue weighted by Gasteiger charge is 2.19. The van der Waals surface area contributed by atoms with Gasteiger partial charge in [-0.3, -0.25) is 4.79 Å². The molecule has 6 nitrogen and oxygen atoms in total. The normalized spacial score (nSPS) is 14.1. The molecule has 0 unspecified atom stereocenters. The van der Waals surface area contributed by atoms with Crippen molar-refractivity contribution in [2.24, 2.45) is 0 Å². The number of carbonyl (C=O) groups excluding carboxylic acids is 1. The molecule has 1 saturated heterocycles. The summed E-state index contributed by atoms with van der Waals surface area (Å²) in [7, 11) is 0. The van der Waals surface area contributed by atoms with Crippen LogP contribution in [0.3, 0.4) is 0 Å². The van der Waals surface area contributed by atoms with Crippen LogP contribution in [0.5, 0.6) is 0 Å². The second kappa shape index (κ2) is 8.00. The van der Waals surface area contributed by atoms with Crippen LogP contribution in [0, 0.1) is 6.92 Å². The molecule has 140 valence electrons. The molecule has 3 heterocycles. The van der Waals surface area contributed by atoms with E-state index in [0.29, 0.717) is 10.7 Å². The van der Waals surface area contributed by atoms with Crippen LogP contribution >= 0.6 is 34.7 Å². The van der Waals surface area contributed by atoms with E-state index in [-0.39, 0.29) is 11.7 Å². The summed E-state index contributed by atoms with van der Waals surface area (Å²) < 4.78 is 0.941. The third kappa shape index (κ3) is 4.02. The lowest BCUT2D eigenvalue weighted by Crippen LogP contribution is -2.16. The number of fused-ring (bicyclic) bond motifs is 1. The van der Waals surface area contributed by atoms with E-state index in [4.69, 9.17) is 11.6 Å². The lowest BCUT2D eigenvalue weighted by Gasteiger charge is -2.11. The number of benzene rings is 1. The van der Waals surface area contributed by atoms with Crippen molar-refractivity contribution in [1.29, 1.82) is 0 Å². The minimum absolute atomic E-state index is 0.0959. The smallest absolute Gasteiger partial charge is 0.234 e. The fraction of sp³-hybridized carbons (Fsp3) is 0.333. The molecule has 9 heteroatoms. The Hall–Kier alpha value is -1.90. The van der Waals surface area contributed by atoms with Gasteiger partial charge in [-0.15, -0.1) is 0 Å². The quantitative estimate of drug-likeness (QED) is 0.488. The van der Waals surface area contributed by atoms with Crippen LogP contribution in [0.1, 0.15) is 18.4 Å². The van der Waals surface area contributed by atoms with Crippen LogP contribution in [0.4, 0.5) is 10.8 Å². The average molecular weight is 420 g/mol. The molecular weight excluding hydrogens is 402 g/mol. The SMILES string of the molecule is Cc1c(Cl)cccc1NC(=O)CSc1ncnc2nc(N3CCCC3)sc12. The summed E-state index contributed by atoms with van der Waals surface area (Å²) in [6.45, 7) is 3.96. The van der Waals surface area contributed by atoms with E-state index in [1.807, 2.05) is 19.1 Å². The Morgan fingerprint density at radius 1 is 1.33 bits per heavy atom. The van der Waals surface area contributed by atoms with Gasteiger partial charge in [0.2, 0.25) is 5.91 Å². The second-order valence-corrected chi connectivity index (χ2v) is 8.62. The summed E-state index contributed by atoms with van der Waals surface area (Å²) in [5, 5.41) is 5.33. The fourth-order valence-corrected chi connectivity index (χ4v) is 5.05. The average Bonchev–Trinajstić information content (AvgIpc) is 3.33. The molecule has 1 N–H and O–H groups in total. The van der Waals surface area contributed by atoms with Crippen molar-refractivity contribution >= 4 is 61.8 Å². The maximum absolute atomic E-state index is 12.4. The molecule has 2 aromatic heterocycles. The highest BCUT2D eigenvalue weighted by Crippen LogP contribution is 2.35. The van der Waals surface area contributed by atoms with E-state index < -0.39 is 0 Å². The van der Waals surface area contributed by atoms with Gasteiger partial charge in [-0.2, -0.15) is 4.98 Å². The summed E-state index contributed by atoms with van der Waals surface area (Å²) in [4.78, 5) is 27.9. The first-order valence-electron chi connectivity index (χ1n) is 8.66. The van der Waals surface area contributed by atoms with Gasteiger partial charge in [0.05, 0.1) is 5.75 Å². The second-order valence-electron chi connectivity index (χ2n) is 6.27. The molecule has 1 aliphatic heterocycles. The number of carbonyl (C=O) groups is 1. The van der Waals surface area contributed by atoms with Crippen molar-refractivity contribution in [2.45, 2.75) is 24.8 Å². The molecule has 0 atom stereocenters. The lowest BCUT2D eigenvalue weighted by molar-refractivity contribution is -0.113. The largest absolute Gasteiger partial charge is 0.348 e. The first kappa shape index (κ1) is 18.5.